The van der Waals surface area contributed by atoms with Crippen molar-refractivity contribution in [3.63, 3.8) is 0 Å². The molecule has 1 unspecified atom stereocenters. The van der Waals surface area contributed by atoms with E-state index in [1.165, 1.54) is 11.1 Å². The summed E-state index contributed by atoms with van der Waals surface area (Å²) in [5.74, 6) is 0.147. The van der Waals surface area contributed by atoms with Gasteiger partial charge in [0.15, 0.2) is 0 Å². The van der Waals surface area contributed by atoms with Gasteiger partial charge >= 0.3 is 12.1 Å². The number of hydrogen-bond donors (Lipinski definition) is 2. The molecule has 0 radical (unpaired) electrons. The van der Waals surface area contributed by atoms with E-state index in [1.54, 1.807) is 16.7 Å². The maximum absolute atomic E-state index is 13.4. The molecule has 1 saturated heterocycles. The molecule has 2 fully saturated rings. The lowest BCUT2D eigenvalue weighted by molar-refractivity contribution is -0.142. The van der Waals surface area contributed by atoms with Crippen molar-refractivity contribution >= 4 is 29.7 Å². The summed E-state index contributed by atoms with van der Waals surface area (Å²) in [7, 11) is 0. The summed E-state index contributed by atoms with van der Waals surface area (Å²) in [6.45, 7) is 0.783. The fourth-order valence-electron chi connectivity index (χ4n) is 5.75. The summed E-state index contributed by atoms with van der Waals surface area (Å²) < 4.78 is 5.69. The molecule has 2 amide bonds. The highest BCUT2D eigenvalue weighted by Gasteiger charge is 2.40. The number of nitrogens with one attached hydrogen (secondary N) is 1. The first-order valence-corrected chi connectivity index (χ1v) is 13.4. The lowest BCUT2D eigenvalue weighted by atomic mass is 9.98. The quantitative estimate of drug-likeness (QED) is 0.628. The zero-order valence-electron chi connectivity index (χ0n) is 19.5. The van der Waals surface area contributed by atoms with Gasteiger partial charge in [0.1, 0.15) is 6.61 Å². The van der Waals surface area contributed by atoms with Crippen molar-refractivity contribution in [2.75, 3.05) is 24.7 Å². The Morgan fingerprint density at radius 2 is 1.71 bits per heavy atom. The number of nitrogens with zero attached hydrogens (tertiary/aromatic N) is 1. The molecule has 2 aromatic carbocycles. The highest BCUT2D eigenvalue weighted by atomic mass is 32.2. The predicted octanol–water partition coefficient (Wildman–Crippen LogP) is 4.11. The fourth-order valence-corrected chi connectivity index (χ4v) is 6.81. The van der Waals surface area contributed by atoms with Crippen LogP contribution in [-0.2, 0) is 14.3 Å². The third-order valence-electron chi connectivity index (χ3n) is 7.40. The van der Waals surface area contributed by atoms with Crippen molar-refractivity contribution < 1.29 is 24.2 Å². The topological polar surface area (TPSA) is 95.9 Å². The zero-order valence-corrected chi connectivity index (χ0v) is 20.3. The number of fused-ring (bicyclic) bond motifs is 3. The van der Waals surface area contributed by atoms with Gasteiger partial charge in [-0.25, -0.2) is 4.79 Å². The van der Waals surface area contributed by atoms with Gasteiger partial charge in [0.25, 0.3) is 0 Å². The van der Waals surface area contributed by atoms with Crippen molar-refractivity contribution in [3.05, 3.63) is 59.7 Å². The normalized spacial score (nSPS) is 23.4. The van der Waals surface area contributed by atoms with E-state index in [1.807, 2.05) is 24.3 Å². The molecule has 0 spiro atoms. The standard InChI is InChI=1S/C27H30N2O5S/c30-25(31)14-17-16-35-13-12-29(17)26(32)22-10-5-11-24(22)28-27(33)34-15-23-20-8-3-1-6-18(20)19-7-2-4-9-21(19)23/h1-4,6-9,17,22-24H,5,10-16H2,(H,28,33)(H,30,31)/t17?,22-,24+/m0/s1. The molecular weight excluding hydrogens is 464 g/mol. The summed E-state index contributed by atoms with van der Waals surface area (Å²) in [4.78, 5) is 39.2. The molecule has 0 aromatic heterocycles. The minimum absolute atomic E-state index is 0.0169. The van der Waals surface area contributed by atoms with Gasteiger partial charge in [-0.15, -0.1) is 0 Å². The SMILES string of the molecule is O=C(O)CC1CSCCN1C(=O)[C@H]1CCC[C@H]1NC(=O)OCC1c2ccccc2-c2ccccc21. The Hall–Kier alpha value is -3.00. The number of ether oxygens (including phenoxy) is 1. The molecular formula is C27H30N2O5S. The summed E-state index contributed by atoms with van der Waals surface area (Å²) in [5.41, 5.74) is 4.66. The maximum atomic E-state index is 13.4. The summed E-state index contributed by atoms with van der Waals surface area (Å²) >= 11 is 1.68. The number of amides is 2. The van der Waals surface area contributed by atoms with Crippen LogP contribution in [0.3, 0.4) is 0 Å². The number of hydrogen-bond acceptors (Lipinski definition) is 5. The third kappa shape index (κ3) is 4.89. The highest BCUT2D eigenvalue weighted by molar-refractivity contribution is 7.99. The van der Waals surface area contributed by atoms with Gasteiger partial charge in [-0.1, -0.05) is 55.0 Å². The van der Waals surface area contributed by atoms with Crippen LogP contribution in [0.25, 0.3) is 11.1 Å². The van der Waals surface area contributed by atoms with E-state index < -0.39 is 12.1 Å². The van der Waals surface area contributed by atoms with Crippen molar-refractivity contribution in [3.8, 4) is 11.1 Å². The minimum Gasteiger partial charge on any atom is -0.481 e. The lowest BCUT2D eigenvalue weighted by Gasteiger charge is -2.37. The molecule has 184 valence electrons. The van der Waals surface area contributed by atoms with E-state index in [0.717, 1.165) is 23.3 Å². The average molecular weight is 495 g/mol. The number of rotatable bonds is 6. The Balaban J connectivity index is 1.22. The van der Waals surface area contributed by atoms with Crippen LogP contribution in [0.15, 0.2) is 48.5 Å². The Morgan fingerprint density at radius 1 is 1.03 bits per heavy atom. The molecule has 8 heteroatoms. The largest absolute Gasteiger partial charge is 0.481 e. The second-order valence-corrected chi connectivity index (χ2v) is 10.6. The molecule has 3 aliphatic rings. The number of thioether (sulfide) groups is 1. The first kappa shape index (κ1) is 23.7. The van der Waals surface area contributed by atoms with Crippen molar-refractivity contribution in [1.82, 2.24) is 10.2 Å². The van der Waals surface area contributed by atoms with Gasteiger partial charge in [-0.2, -0.15) is 11.8 Å². The van der Waals surface area contributed by atoms with Gasteiger partial charge in [0.2, 0.25) is 5.91 Å². The van der Waals surface area contributed by atoms with Crippen LogP contribution >= 0.6 is 11.8 Å². The predicted molar refractivity (Wildman–Crippen MR) is 134 cm³/mol. The number of carbonyl (C=O) groups excluding carboxylic acids is 2. The summed E-state index contributed by atoms with van der Waals surface area (Å²) in [5, 5.41) is 12.2. The molecule has 35 heavy (non-hydrogen) atoms. The lowest BCUT2D eigenvalue weighted by Crippen LogP contribution is -2.52. The molecule has 3 atom stereocenters. The van der Waals surface area contributed by atoms with Gasteiger partial charge in [0, 0.05) is 30.0 Å². The van der Waals surface area contributed by atoms with E-state index in [0.29, 0.717) is 25.1 Å². The van der Waals surface area contributed by atoms with E-state index in [2.05, 4.69) is 29.6 Å². The first-order valence-electron chi connectivity index (χ1n) is 12.2. The van der Waals surface area contributed by atoms with Crippen LogP contribution in [0, 0.1) is 5.92 Å². The first-order chi connectivity index (χ1) is 17.0. The van der Waals surface area contributed by atoms with Gasteiger partial charge in [-0.3, -0.25) is 9.59 Å². The molecule has 1 saturated carbocycles. The number of carbonyl (C=O) groups is 3. The number of carboxylic acids is 1. The number of alkyl carbamates (subject to hydrolysis) is 1. The smallest absolute Gasteiger partial charge is 0.407 e. The molecule has 2 N–H and O–H groups in total. The monoisotopic (exact) mass is 494 g/mol. The summed E-state index contributed by atoms with van der Waals surface area (Å²) in [6.07, 6.45) is 1.70. The van der Waals surface area contributed by atoms with E-state index in [9.17, 15) is 19.5 Å². The second-order valence-electron chi connectivity index (χ2n) is 9.47. The van der Waals surface area contributed by atoms with Crippen LogP contribution in [0.5, 0.6) is 0 Å². The van der Waals surface area contributed by atoms with Crippen LogP contribution in [0.4, 0.5) is 4.79 Å². The molecule has 5 rings (SSSR count). The van der Waals surface area contributed by atoms with Gasteiger partial charge in [0.05, 0.1) is 18.4 Å². The van der Waals surface area contributed by atoms with Crippen LogP contribution in [-0.4, -0.2) is 64.7 Å². The van der Waals surface area contributed by atoms with Crippen LogP contribution in [0.1, 0.15) is 42.7 Å². The number of aliphatic carboxylic acids is 1. The Kier molecular flexibility index (Phi) is 7.00. The molecule has 2 aromatic rings. The minimum atomic E-state index is -0.893. The van der Waals surface area contributed by atoms with E-state index in [-0.39, 0.29) is 42.9 Å². The van der Waals surface area contributed by atoms with Crippen molar-refractivity contribution in [1.29, 1.82) is 0 Å². The fraction of sp³-hybridized carbons (Fsp3) is 0.444. The van der Waals surface area contributed by atoms with E-state index >= 15 is 0 Å². The zero-order chi connectivity index (χ0) is 24.4. The van der Waals surface area contributed by atoms with Crippen LogP contribution in [0.2, 0.25) is 0 Å². The average Bonchev–Trinajstić information content (AvgIpc) is 3.45. The molecule has 7 nitrogen and oxygen atoms in total. The van der Waals surface area contributed by atoms with Crippen molar-refractivity contribution in [2.24, 2.45) is 5.92 Å². The Labute approximate surface area is 209 Å². The maximum Gasteiger partial charge on any atom is 0.407 e. The number of carboxylic acid groups (broad SMARTS) is 1. The third-order valence-corrected chi connectivity index (χ3v) is 8.49. The van der Waals surface area contributed by atoms with Crippen molar-refractivity contribution in [2.45, 2.75) is 43.7 Å². The highest BCUT2D eigenvalue weighted by Crippen LogP contribution is 2.44. The molecule has 2 aliphatic carbocycles. The van der Waals surface area contributed by atoms with E-state index in [4.69, 9.17) is 4.74 Å². The Bertz CT molecular complexity index is 1080. The second kappa shape index (κ2) is 10.3. The van der Waals surface area contributed by atoms with Gasteiger partial charge < -0.3 is 20.1 Å². The molecule has 0 bridgehead atoms. The Morgan fingerprint density at radius 3 is 2.40 bits per heavy atom. The van der Waals surface area contributed by atoms with Gasteiger partial charge in [-0.05, 0) is 35.1 Å². The molecule has 1 aliphatic heterocycles. The molecule has 1 heterocycles. The number of benzene rings is 2. The summed E-state index contributed by atoms with van der Waals surface area (Å²) in [6, 6.07) is 15.8. The van der Waals surface area contributed by atoms with Crippen LogP contribution < -0.4 is 5.32 Å².